The van der Waals surface area contributed by atoms with Crippen molar-refractivity contribution in [2.45, 2.75) is 17.8 Å². The Balaban J connectivity index is 1.80. The summed E-state index contributed by atoms with van der Waals surface area (Å²) in [6, 6.07) is 14.3. The molecule has 0 amide bonds. The third kappa shape index (κ3) is 2.65. The Kier molecular flexibility index (Phi) is 3.92. The minimum Gasteiger partial charge on any atom is -0.494 e. The SMILES string of the molecule is CCOc1ccccc1CSc1ncc2ccccn12. The average Bonchev–Trinajstić information content (AvgIpc) is 2.90. The molecule has 0 saturated heterocycles. The monoisotopic (exact) mass is 284 g/mol. The van der Waals surface area contributed by atoms with Gasteiger partial charge in [0.15, 0.2) is 5.16 Å². The quantitative estimate of drug-likeness (QED) is 0.662. The molecule has 0 aliphatic rings. The predicted octanol–water partition coefficient (Wildman–Crippen LogP) is 4.03. The van der Waals surface area contributed by atoms with Crippen LogP contribution in [0.1, 0.15) is 12.5 Å². The molecule has 0 saturated carbocycles. The van der Waals surface area contributed by atoms with E-state index in [0.29, 0.717) is 6.61 Å². The summed E-state index contributed by atoms with van der Waals surface area (Å²) < 4.78 is 7.76. The van der Waals surface area contributed by atoms with E-state index >= 15 is 0 Å². The van der Waals surface area contributed by atoms with E-state index < -0.39 is 0 Å². The number of para-hydroxylation sites is 1. The van der Waals surface area contributed by atoms with Crippen molar-refractivity contribution in [3.63, 3.8) is 0 Å². The molecule has 4 heteroatoms. The van der Waals surface area contributed by atoms with Crippen LogP contribution >= 0.6 is 11.8 Å². The smallest absolute Gasteiger partial charge is 0.172 e. The molecule has 0 radical (unpaired) electrons. The molecule has 0 N–H and O–H groups in total. The second-order valence-corrected chi connectivity index (χ2v) is 5.31. The average molecular weight is 284 g/mol. The zero-order valence-electron chi connectivity index (χ0n) is 11.3. The fourth-order valence-electron chi connectivity index (χ4n) is 2.09. The van der Waals surface area contributed by atoms with Crippen LogP contribution in [-0.2, 0) is 5.75 Å². The number of thioether (sulfide) groups is 1. The summed E-state index contributed by atoms with van der Waals surface area (Å²) in [7, 11) is 0. The van der Waals surface area contributed by atoms with Crippen LogP contribution in [0.3, 0.4) is 0 Å². The van der Waals surface area contributed by atoms with E-state index in [1.54, 1.807) is 11.8 Å². The maximum atomic E-state index is 5.65. The van der Waals surface area contributed by atoms with Gasteiger partial charge in [-0.15, -0.1) is 0 Å². The van der Waals surface area contributed by atoms with Crippen molar-refractivity contribution in [1.29, 1.82) is 0 Å². The standard InChI is InChI=1S/C16H16N2OS/c1-2-19-15-9-4-3-7-13(15)12-20-16-17-11-14-8-5-6-10-18(14)16/h3-11H,2,12H2,1H3. The lowest BCUT2D eigenvalue weighted by atomic mass is 10.2. The molecule has 0 aliphatic heterocycles. The molecule has 3 nitrogen and oxygen atoms in total. The Labute approximate surface area is 122 Å². The lowest BCUT2D eigenvalue weighted by molar-refractivity contribution is 0.337. The number of rotatable bonds is 5. The molecule has 0 unspecified atom stereocenters. The third-order valence-electron chi connectivity index (χ3n) is 3.03. The number of imidazole rings is 1. The van der Waals surface area contributed by atoms with Crippen molar-refractivity contribution in [2.24, 2.45) is 0 Å². The second kappa shape index (κ2) is 6.01. The van der Waals surface area contributed by atoms with Crippen molar-refractivity contribution >= 4 is 17.3 Å². The number of pyridine rings is 1. The van der Waals surface area contributed by atoms with Gasteiger partial charge in [-0.25, -0.2) is 4.98 Å². The van der Waals surface area contributed by atoms with Gasteiger partial charge in [-0.1, -0.05) is 36.0 Å². The van der Waals surface area contributed by atoms with E-state index in [1.165, 1.54) is 5.56 Å². The Morgan fingerprint density at radius 3 is 2.90 bits per heavy atom. The zero-order valence-corrected chi connectivity index (χ0v) is 12.1. The summed E-state index contributed by atoms with van der Waals surface area (Å²) in [6.07, 6.45) is 3.94. The summed E-state index contributed by atoms with van der Waals surface area (Å²) in [6.45, 7) is 2.69. The fraction of sp³-hybridized carbons (Fsp3) is 0.188. The molecule has 0 aliphatic carbocycles. The maximum absolute atomic E-state index is 5.65. The highest BCUT2D eigenvalue weighted by molar-refractivity contribution is 7.98. The summed E-state index contributed by atoms with van der Waals surface area (Å²) in [5, 5.41) is 1.01. The normalized spacial score (nSPS) is 10.8. The van der Waals surface area contributed by atoms with Crippen LogP contribution in [0.25, 0.3) is 5.52 Å². The van der Waals surface area contributed by atoms with Crippen LogP contribution in [0, 0.1) is 0 Å². The van der Waals surface area contributed by atoms with Crippen LogP contribution < -0.4 is 4.74 Å². The van der Waals surface area contributed by atoms with Crippen LogP contribution in [0.15, 0.2) is 60.0 Å². The second-order valence-electron chi connectivity index (χ2n) is 4.37. The minimum absolute atomic E-state index is 0.688. The summed E-state index contributed by atoms with van der Waals surface area (Å²) in [5.41, 5.74) is 2.32. The number of hydrogen-bond acceptors (Lipinski definition) is 3. The van der Waals surface area contributed by atoms with E-state index in [0.717, 1.165) is 22.2 Å². The molecule has 3 aromatic rings. The van der Waals surface area contributed by atoms with Gasteiger partial charge in [0.25, 0.3) is 0 Å². The molecule has 2 heterocycles. The number of aromatic nitrogens is 2. The van der Waals surface area contributed by atoms with Gasteiger partial charge < -0.3 is 4.74 Å². The highest BCUT2D eigenvalue weighted by Gasteiger charge is 2.07. The number of fused-ring (bicyclic) bond motifs is 1. The van der Waals surface area contributed by atoms with Gasteiger partial charge >= 0.3 is 0 Å². The Morgan fingerprint density at radius 1 is 1.15 bits per heavy atom. The maximum Gasteiger partial charge on any atom is 0.172 e. The van der Waals surface area contributed by atoms with Crippen molar-refractivity contribution in [1.82, 2.24) is 9.38 Å². The minimum atomic E-state index is 0.688. The topological polar surface area (TPSA) is 26.5 Å². The van der Waals surface area contributed by atoms with Crippen molar-refractivity contribution < 1.29 is 4.74 Å². The van der Waals surface area contributed by atoms with E-state index in [2.05, 4.69) is 21.5 Å². The van der Waals surface area contributed by atoms with Crippen molar-refractivity contribution in [2.75, 3.05) is 6.61 Å². The first-order chi connectivity index (χ1) is 9.88. The van der Waals surface area contributed by atoms with Gasteiger partial charge in [-0.05, 0) is 25.1 Å². The lowest BCUT2D eigenvalue weighted by Crippen LogP contribution is -1.95. The summed E-state index contributed by atoms with van der Waals surface area (Å²) in [5.74, 6) is 1.81. The zero-order chi connectivity index (χ0) is 13.8. The number of hydrogen-bond donors (Lipinski definition) is 0. The van der Waals surface area contributed by atoms with Crippen LogP contribution in [0.2, 0.25) is 0 Å². The number of ether oxygens (including phenoxy) is 1. The Morgan fingerprint density at radius 2 is 2.00 bits per heavy atom. The molecular weight excluding hydrogens is 268 g/mol. The molecule has 1 aromatic carbocycles. The fourth-order valence-corrected chi connectivity index (χ4v) is 3.04. The first-order valence-corrected chi connectivity index (χ1v) is 7.62. The van der Waals surface area contributed by atoms with E-state index in [9.17, 15) is 0 Å². The van der Waals surface area contributed by atoms with E-state index in [-0.39, 0.29) is 0 Å². The van der Waals surface area contributed by atoms with Gasteiger partial charge in [-0.2, -0.15) is 0 Å². The molecule has 0 spiro atoms. The van der Waals surface area contributed by atoms with Crippen molar-refractivity contribution in [3.05, 3.63) is 60.4 Å². The number of nitrogens with zero attached hydrogens (tertiary/aromatic N) is 2. The predicted molar refractivity (Wildman–Crippen MR) is 82.4 cm³/mol. The van der Waals surface area contributed by atoms with Crippen molar-refractivity contribution in [3.8, 4) is 5.75 Å². The van der Waals surface area contributed by atoms with E-state index in [1.807, 2.05) is 49.6 Å². The highest BCUT2D eigenvalue weighted by Crippen LogP contribution is 2.27. The lowest BCUT2D eigenvalue weighted by Gasteiger charge is -2.09. The largest absolute Gasteiger partial charge is 0.494 e. The first kappa shape index (κ1) is 13.1. The van der Waals surface area contributed by atoms with Gasteiger partial charge in [-0.3, -0.25) is 4.40 Å². The van der Waals surface area contributed by atoms with Crippen LogP contribution in [-0.4, -0.2) is 16.0 Å². The van der Waals surface area contributed by atoms with E-state index in [4.69, 9.17) is 4.74 Å². The summed E-state index contributed by atoms with van der Waals surface area (Å²) in [4.78, 5) is 4.47. The van der Waals surface area contributed by atoms with Crippen LogP contribution in [0.4, 0.5) is 0 Å². The molecular formula is C16H16N2OS. The summed E-state index contributed by atoms with van der Waals surface area (Å²) >= 11 is 1.72. The Hall–Kier alpha value is -1.94. The number of benzene rings is 1. The molecule has 0 bridgehead atoms. The van der Waals surface area contributed by atoms with Gasteiger partial charge in [0, 0.05) is 17.5 Å². The van der Waals surface area contributed by atoms with Gasteiger partial charge in [0.2, 0.25) is 0 Å². The molecule has 102 valence electrons. The molecule has 3 rings (SSSR count). The van der Waals surface area contributed by atoms with Gasteiger partial charge in [0.05, 0.1) is 18.3 Å². The molecule has 0 atom stereocenters. The third-order valence-corrected chi connectivity index (χ3v) is 4.05. The highest BCUT2D eigenvalue weighted by atomic mass is 32.2. The Bertz CT molecular complexity index is 708. The molecule has 0 fully saturated rings. The molecule has 20 heavy (non-hydrogen) atoms. The molecule has 2 aromatic heterocycles. The first-order valence-electron chi connectivity index (χ1n) is 6.64. The van der Waals surface area contributed by atoms with Gasteiger partial charge in [0.1, 0.15) is 5.75 Å². The van der Waals surface area contributed by atoms with Crippen LogP contribution in [0.5, 0.6) is 5.75 Å².